The van der Waals surface area contributed by atoms with Crippen LogP contribution in [0.4, 0.5) is 0 Å². The molecule has 0 aliphatic carbocycles. The third kappa shape index (κ3) is 9.11. The molecule has 0 aliphatic heterocycles. The number of furan rings is 1. The van der Waals surface area contributed by atoms with Crippen LogP contribution in [0.5, 0.6) is 0 Å². The maximum atomic E-state index is 9.48. The average molecular weight is 557 g/mol. The van der Waals surface area contributed by atoms with Crippen LogP contribution < -0.4 is 10.6 Å². The lowest BCUT2D eigenvalue weighted by Gasteiger charge is -2.32. The molecule has 1 aromatic carbocycles. The van der Waals surface area contributed by atoms with Crippen LogP contribution in [0.1, 0.15) is 56.9 Å². The Bertz CT molecular complexity index is 776. The summed E-state index contributed by atoms with van der Waals surface area (Å²) in [5.41, 5.74) is 2.59. The standard InChI is InChI=1S/C25H40N4O2.HI/c1-5-25(6-2,14-15-30)20-28-24(26-7-3)27-17-21-11-8-9-12-22(21)18-29(4)19-23-13-10-16-31-23;/h8-13,16,30H,5-7,14-15,17-20H2,1-4H3,(H2,26,27,28);1H. The van der Waals surface area contributed by atoms with Crippen LogP contribution in [0.3, 0.4) is 0 Å². The smallest absolute Gasteiger partial charge is 0.191 e. The van der Waals surface area contributed by atoms with Crippen LogP contribution in [0.2, 0.25) is 0 Å². The molecule has 0 spiro atoms. The second-order valence-electron chi connectivity index (χ2n) is 8.25. The van der Waals surface area contributed by atoms with Crippen molar-refractivity contribution in [1.29, 1.82) is 0 Å². The zero-order chi connectivity index (χ0) is 22.5. The Morgan fingerprint density at radius 2 is 1.75 bits per heavy atom. The van der Waals surface area contributed by atoms with Gasteiger partial charge in [-0.05, 0) is 61.9 Å². The monoisotopic (exact) mass is 556 g/mol. The molecular weight excluding hydrogens is 515 g/mol. The highest BCUT2D eigenvalue weighted by Crippen LogP contribution is 2.29. The second kappa shape index (κ2) is 15.3. The molecule has 0 unspecified atom stereocenters. The lowest BCUT2D eigenvalue weighted by Crippen LogP contribution is -2.43. The van der Waals surface area contributed by atoms with Gasteiger partial charge in [0.05, 0.1) is 19.4 Å². The Morgan fingerprint density at radius 1 is 1.03 bits per heavy atom. The number of hydrogen-bond acceptors (Lipinski definition) is 4. The molecule has 7 heteroatoms. The van der Waals surface area contributed by atoms with Crippen molar-refractivity contribution in [3.05, 3.63) is 59.5 Å². The number of hydrogen-bond donors (Lipinski definition) is 3. The second-order valence-corrected chi connectivity index (χ2v) is 8.25. The first-order valence-electron chi connectivity index (χ1n) is 11.5. The molecule has 3 N–H and O–H groups in total. The molecule has 180 valence electrons. The Morgan fingerprint density at radius 3 is 2.34 bits per heavy atom. The van der Waals surface area contributed by atoms with Gasteiger partial charge < -0.3 is 20.2 Å². The normalized spacial score (nSPS) is 12.0. The molecule has 32 heavy (non-hydrogen) atoms. The minimum Gasteiger partial charge on any atom is -0.468 e. The zero-order valence-electron chi connectivity index (χ0n) is 20.1. The number of aliphatic hydroxyl groups is 1. The highest BCUT2D eigenvalue weighted by molar-refractivity contribution is 14.0. The van der Waals surface area contributed by atoms with E-state index in [-0.39, 0.29) is 36.0 Å². The summed E-state index contributed by atoms with van der Waals surface area (Å²) in [6.45, 7) is 10.5. The summed E-state index contributed by atoms with van der Waals surface area (Å²) in [5.74, 6) is 1.79. The van der Waals surface area contributed by atoms with Crippen molar-refractivity contribution in [2.75, 3.05) is 26.7 Å². The number of guanidine groups is 1. The van der Waals surface area contributed by atoms with Crippen LogP contribution in [-0.4, -0.2) is 42.7 Å². The molecule has 0 saturated heterocycles. The van der Waals surface area contributed by atoms with E-state index < -0.39 is 0 Å². The molecule has 0 bridgehead atoms. The van der Waals surface area contributed by atoms with Gasteiger partial charge >= 0.3 is 0 Å². The van der Waals surface area contributed by atoms with E-state index in [1.54, 1.807) is 6.26 Å². The maximum Gasteiger partial charge on any atom is 0.191 e. The maximum absolute atomic E-state index is 9.48. The van der Waals surface area contributed by atoms with E-state index in [2.05, 4.69) is 67.6 Å². The fourth-order valence-electron chi connectivity index (χ4n) is 3.84. The van der Waals surface area contributed by atoms with Crippen molar-refractivity contribution in [3.63, 3.8) is 0 Å². The molecule has 1 heterocycles. The van der Waals surface area contributed by atoms with Gasteiger partial charge in [-0.2, -0.15) is 0 Å². The highest BCUT2D eigenvalue weighted by Gasteiger charge is 2.25. The van der Waals surface area contributed by atoms with E-state index in [1.165, 1.54) is 11.1 Å². The van der Waals surface area contributed by atoms with Crippen molar-refractivity contribution in [2.45, 2.75) is 59.7 Å². The molecule has 1 aromatic heterocycles. The molecule has 0 amide bonds. The van der Waals surface area contributed by atoms with Crippen LogP contribution in [0, 0.1) is 5.41 Å². The van der Waals surface area contributed by atoms with E-state index in [4.69, 9.17) is 9.41 Å². The van der Waals surface area contributed by atoms with E-state index in [0.29, 0.717) is 6.54 Å². The Labute approximate surface area is 210 Å². The fourth-order valence-corrected chi connectivity index (χ4v) is 3.84. The van der Waals surface area contributed by atoms with Crippen molar-refractivity contribution in [3.8, 4) is 0 Å². The third-order valence-corrected chi connectivity index (χ3v) is 6.09. The third-order valence-electron chi connectivity index (χ3n) is 6.09. The van der Waals surface area contributed by atoms with Crippen LogP contribution >= 0.6 is 24.0 Å². The van der Waals surface area contributed by atoms with E-state index in [1.807, 2.05) is 12.1 Å². The summed E-state index contributed by atoms with van der Waals surface area (Å²) >= 11 is 0. The van der Waals surface area contributed by atoms with Gasteiger partial charge in [0.15, 0.2) is 5.96 Å². The first-order chi connectivity index (χ1) is 15.1. The number of benzene rings is 1. The zero-order valence-corrected chi connectivity index (χ0v) is 22.4. The fraction of sp³-hybridized carbons (Fsp3) is 0.560. The van der Waals surface area contributed by atoms with Crippen molar-refractivity contribution in [1.82, 2.24) is 15.5 Å². The number of aliphatic imine (C=N–C) groups is 1. The molecule has 0 radical (unpaired) electrons. The largest absolute Gasteiger partial charge is 0.468 e. The Hall–Kier alpha value is -1.58. The predicted molar refractivity (Wildman–Crippen MR) is 143 cm³/mol. The van der Waals surface area contributed by atoms with Crippen LogP contribution in [-0.2, 0) is 19.6 Å². The van der Waals surface area contributed by atoms with Crippen LogP contribution in [0.25, 0.3) is 0 Å². The lowest BCUT2D eigenvalue weighted by molar-refractivity contribution is 0.169. The Balaban J connectivity index is 0.00000512. The molecule has 6 nitrogen and oxygen atoms in total. The first kappa shape index (κ1) is 28.5. The Kier molecular flexibility index (Phi) is 13.6. The summed E-state index contributed by atoms with van der Waals surface area (Å²) in [5, 5.41) is 16.4. The molecular formula is C25H41IN4O2. The van der Waals surface area contributed by atoms with Crippen molar-refractivity contribution < 1.29 is 9.52 Å². The van der Waals surface area contributed by atoms with Gasteiger partial charge in [0.25, 0.3) is 0 Å². The summed E-state index contributed by atoms with van der Waals surface area (Å²) in [7, 11) is 2.10. The van der Waals surface area contributed by atoms with E-state index in [0.717, 1.165) is 57.2 Å². The van der Waals surface area contributed by atoms with E-state index >= 15 is 0 Å². The number of nitrogens with one attached hydrogen (secondary N) is 2. The van der Waals surface area contributed by atoms with E-state index in [9.17, 15) is 5.11 Å². The van der Waals surface area contributed by atoms with Gasteiger partial charge in [0.1, 0.15) is 5.76 Å². The van der Waals surface area contributed by atoms with Gasteiger partial charge in [0, 0.05) is 26.2 Å². The minimum atomic E-state index is 0. The number of aliphatic hydroxyl groups excluding tert-OH is 1. The SMILES string of the molecule is CCNC(=NCc1ccccc1CN(C)Cc1ccco1)NCC(CC)(CC)CCO.I. The lowest BCUT2D eigenvalue weighted by atomic mass is 9.79. The van der Waals surface area contributed by atoms with Crippen molar-refractivity contribution in [2.24, 2.45) is 10.4 Å². The molecule has 2 rings (SSSR count). The van der Waals surface area contributed by atoms with Gasteiger partial charge in [-0.1, -0.05) is 38.1 Å². The molecule has 2 aromatic rings. The highest BCUT2D eigenvalue weighted by atomic mass is 127. The predicted octanol–water partition coefficient (Wildman–Crippen LogP) is 4.77. The van der Waals surface area contributed by atoms with Crippen LogP contribution in [0.15, 0.2) is 52.1 Å². The summed E-state index contributed by atoms with van der Waals surface area (Å²) in [6.07, 6.45) is 4.58. The first-order valence-corrected chi connectivity index (χ1v) is 11.5. The average Bonchev–Trinajstić information content (AvgIpc) is 3.28. The quantitative estimate of drug-likeness (QED) is 0.188. The van der Waals surface area contributed by atoms with Gasteiger partial charge in [-0.25, -0.2) is 4.99 Å². The topological polar surface area (TPSA) is 73.0 Å². The van der Waals surface area contributed by atoms with Gasteiger partial charge in [-0.3, -0.25) is 4.90 Å². The van der Waals surface area contributed by atoms with Gasteiger partial charge in [-0.15, -0.1) is 24.0 Å². The number of nitrogens with zero attached hydrogens (tertiary/aromatic N) is 2. The summed E-state index contributed by atoms with van der Waals surface area (Å²) in [6, 6.07) is 12.4. The number of rotatable bonds is 13. The molecule has 0 aliphatic rings. The molecule has 0 saturated carbocycles. The van der Waals surface area contributed by atoms with Gasteiger partial charge in [0.2, 0.25) is 0 Å². The number of halogens is 1. The summed E-state index contributed by atoms with van der Waals surface area (Å²) in [4.78, 5) is 7.10. The molecule has 0 atom stereocenters. The summed E-state index contributed by atoms with van der Waals surface area (Å²) < 4.78 is 5.47. The minimum absolute atomic E-state index is 0. The van der Waals surface area contributed by atoms with Crippen molar-refractivity contribution >= 4 is 29.9 Å². The molecule has 0 fully saturated rings.